The van der Waals surface area contributed by atoms with Crippen molar-refractivity contribution < 1.29 is 17.9 Å². The second kappa shape index (κ2) is 8.82. The molecule has 2 rings (SSSR count). The summed E-state index contributed by atoms with van der Waals surface area (Å²) in [6, 6.07) is 14.2. The number of hydrogen-bond donors (Lipinski definition) is 1. The highest BCUT2D eigenvalue weighted by molar-refractivity contribution is 7.89. The van der Waals surface area contributed by atoms with Crippen molar-refractivity contribution >= 4 is 15.9 Å². The van der Waals surface area contributed by atoms with Crippen LogP contribution in [0.25, 0.3) is 0 Å². The Labute approximate surface area is 154 Å². The molecule has 26 heavy (non-hydrogen) atoms. The average Bonchev–Trinajstić information content (AvgIpc) is 2.61. The van der Waals surface area contributed by atoms with E-state index in [1.165, 1.54) is 6.92 Å². The van der Waals surface area contributed by atoms with Gasteiger partial charge in [-0.05, 0) is 36.2 Å². The van der Waals surface area contributed by atoms with Gasteiger partial charge in [0, 0.05) is 26.6 Å². The van der Waals surface area contributed by atoms with Crippen LogP contribution in [0.1, 0.15) is 18.1 Å². The molecule has 0 aromatic heterocycles. The molecule has 6 nitrogen and oxygen atoms in total. The summed E-state index contributed by atoms with van der Waals surface area (Å²) in [7, 11) is -2.00. The molecule has 0 fully saturated rings. The largest absolute Gasteiger partial charge is 0.497 e. The fourth-order valence-corrected chi connectivity index (χ4v) is 3.81. The zero-order chi connectivity index (χ0) is 19.2. The minimum Gasteiger partial charge on any atom is -0.497 e. The van der Waals surface area contributed by atoms with Crippen LogP contribution >= 0.6 is 0 Å². The Morgan fingerprint density at radius 1 is 1.12 bits per heavy atom. The van der Waals surface area contributed by atoms with Gasteiger partial charge in [-0.3, -0.25) is 4.79 Å². The zero-order valence-corrected chi connectivity index (χ0v) is 16.0. The zero-order valence-electron chi connectivity index (χ0n) is 15.2. The quantitative estimate of drug-likeness (QED) is 0.767. The molecular weight excluding hydrogens is 352 g/mol. The standard InChI is InChI=1S/C19H24N2O4S/c1-15-6-4-5-7-19(15)26(23,24)20-12-13-21(16(2)22)14-17-8-10-18(25-3)11-9-17/h4-11,20H,12-14H2,1-3H3. The highest BCUT2D eigenvalue weighted by Gasteiger charge is 2.17. The van der Waals surface area contributed by atoms with E-state index in [-0.39, 0.29) is 23.9 Å². The van der Waals surface area contributed by atoms with Crippen LogP contribution in [0.4, 0.5) is 0 Å². The number of aryl methyl sites for hydroxylation is 1. The van der Waals surface area contributed by atoms with Gasteiger partial charge in [0.1, 0.15) is 5.75 Å². The molecule has 0 aliphatic heterocycles. The van der Waals surface area contributed by atoms with E-state index in [9.17, 15) is 13.2 Å². The van der Waals surface area contributed by atoms with Crippen LogP contribution in [0.3, 0.4) is 0 Å². The topological polar surface area (TPSA) is 75.7 Å². The molecule has 0 aliphatic rings. The molecule has 0 saturated carbocycles. The molecule has 0 radical (unpaired) electrons. The van der Waals surface area contributed by atoms with Gasteiger partial charge in [-0.2, -0.15) is 0 Å². The molecule has 0 bridgehead atoms. The molecule has 7 heteroatoms. The summed E-state index contributed by atoms with van der Waals surface area (Å²) < 4.78 is 32.5. The van der Waals surface area contributed by atoms with E-state index in [0.717, 1.165) is 11.3 Å². The predicted molar refractivity (Wildman–Crippen MR) is 100 cm³/mol. The summed E-state index contributed by atoms with van der Waals surface area (Å²) >= 11 is 0. The van der Waals surface area contributed by atoms with Gasteiger partial charge in [-0.15, -0.1) is 0 Å². The number of rotatable bonds is 8. The van der Waals surface area contributed by atoms with Crippen LogP contribution in [-0.2, 0) is 21.4 Å². The van der Waals surface area contributed by atoms with Gasteiger partial charge in [0.2, 0.25) is 15.9 Å². The molecule has 0 aliphatic carbocycles. The number of carbonyl (C=O) groups excluding carboxylic acids is 1. The number of nitrogens with zero attached hydrogens (tertiary/aromatic N) is 1. The lowest BCUT2D eigenvalue weighted by Gasteiger charge is -2.21. The third kappa shape index (κ3) is 5.31. The summed E-state index contributed by atoms with van der Waals surface area (Å²) in [5.74, 6) is 0.630. The van der Waals surface area contributed by atoms with E-state index in [0.29, 0.717) is 12.1 Å². The number of amides is 1. The van der Waals surface area contributed by atoms with Crippen molar-refractivity contribution in [2.75, 3.05) is 20.2 Å². The molecule has 0 unspecified atom stereocenters. The number of nitrogens with one attached hydrogen (secondary N) is 1. The molecule has 2 aromatic carbocycles. The van der Waals surface area contributed by atoms with Gasteiger partial charge in [0.15, 0.2) is 0 Å². The average molecular weight is 376 g/mol. The molecule has 0 atom stereocenters. The lowest BCUT2D eigenvalue weighted by molar-refractivity contribution is -0.129. The highest BCUT2D eigenvalue weighted by atomic mass is 32.2. The fourth-order valence-electron chi connectivity index (χ4n) is 2.55. The van der Waals surface area contributed by atoms with Crippen LogP contribution in [0.5, 0.6) is 5.75 Å². The molecule has 1 amide bonds. The Balaban J connectivity index is 1.98. The van der Waals surface area contributed by atoms with Gasteiger partial charge >= 0.3 is 0 Å². The van der Waals surface area contributed by atoms with Crippen molar-refractivity contribution in [3.63, 3.8) is 0 Å². The number of sulfonamides is 1. The maximum Gasteiger partial charge on any atom is 0.240 e. The predicted octanol–water partition coefficient (Wildman–Crippen LogP) is 2.33. The van der Waals surface area contributed by atoms with E-state index in [1.54, 1.807) is 43.2 Å². The Kier molecular flexibility index (Phi) is 6.76. The van der Waals surface area contributed by atoms with Gasteiger partial charge in [0.05, 0.1) is 12.0 Å². The second-order valence-corrected chi connectivity index (χ2v) is 7.69. The smallest absolute Gasteiger partial charge is 0.240 e. The van der Waals surface area contributed by atoms with Crippen molar-refractivity contribution in [2.24, 2.45) is 0 Å². The van der Waals surface area contributed by atoms with E-state index >= 15 is 0 Å². The summed E-state index contributed by atoms with van der Waals surface area (Å²) in [6.07, 6.45) is 0. The normalized spacial score (nSPS) is 11.2. The third-order valence-electron chi connectivity index (χ3n) is 4.03. The summed E-state index contributed by atoms with van der Waals surface area (Å²) in [4.78, 5) is 13.7. The first-order valence-corrected chi connectivity index (χ1v) is 9.75. The first kappa shape index (κ1) is 19.9. The van der Waals surface area contributed by atoms with E-state index in [1.807, 2.05) is 24.3 Å². The Morgan fingerprint density at radius 2 is 1.77 bits per heavy atom. The maximum absolute atomic E-state index is 12.4. The number of methoxy groups -OCH3 is 1. The SMILES string of the molecule is COc1ccc(CN(CCNS(=O)(=O)c2ccccc2C)C(C)=O)cc1. The first-order chi connectivity index (χ1) is 12.3. The van der Waals surface area contributed by atoms with Crippen LogP contribution in [0.2, 0.25) is 0 Å². The first-order valence-electron chi connectivity index (χ1n) is 8.27. The molecule has 0 saturated heterocycles. The number of carbonyl (C=O) groups is 1. The number of benzene rings is 2. The molecule has 2 aromatic rings. The molecule has 0 spiro atoms. The summed E-state index contributed by atoms with van der Waals surface area (Å²) in [5.41, 5.74) is 1.63. The van der Waals surface area contributed by atoms with Crippen LogP contribution < -0.4 is 9.46 Å². The van der Waals surface area contributed by atoms with Crippen molar-refractivity contribution in [3.8, 4) is 5.75 Å². The Bertz CT molecular complexity index is 848. The van der Waals surface area contributed by atoms with Crippen molar-refractivity contribution in [3.05, 3.63) is 59.7 Å². The van der Waals surface area contributed by atoms with Crippen molar-refractivity contribution in [1.29, 1.82) is 0 Å². The van der Waals surface area contributed by atoms with Gasteiger partial charge in [0.25, 0.3) is 0 Å². The molecular formula is C19H24N2O4S. The van der Waals surface area contributed by atoms with Gasteiger partial charge in [-0.25, -0.2) is 13.1 Å². The fraction of sp³-hybridized carbons (Fsp3) is 0.316. The number of ether oxygens (including phenoxy) is 1. The van der Waals surface area contributed by atoms with Crippen LogP contribution in [0.15, 0.2) is 53.4 Å². The molecule has 1 N–H and O–H groups in total. The lowest BCUT2D eigenvalue weighted by atomic mass is 10.2. The van der Waals surface area contributed by atoms with Crippen molar-refractivity contribution in [2.45, 2.75) is 25.3 Å². The number of hydrogen-bond acceptors (Lipinski definition) is 4. The Hall–Kier alpha value is -2.38. The van der Waals surface area contributed by atoms with Gasteiger partial charge in [-0.1, -0.05) is 30.3 Å². The maximum atomic E-state index is 12.4. The Morgan fingerprint density at radius 3 is 2.35 bits per heavy atom. The van der Waals surface area contributed by atoms with Crippen molar-refractivity contribution in [1.82, 2.24) is 9.62 Å². The lowest BCUT2D eigenvalue weighted by Crippen LogP contribution is -2.37. The molecule has 0 heterocycles. The molecule has 140 valence electrons. The summed E-state index contributed by atoms with van der Waals surface area (Å²) in [6.45, 7) is 4.06. The van der Waals surface area contributed by atoms with E-state index < -0.39 is 10.0 Å². The van der Waals surface area contributed by atoms with E-state index in [4.69, 9.17) is 4.74 Å². The minimum absolute atomic E-state index is 0.115. The van der Waals surface area contributed by atoms with Crippen LogP contribution in [0, 0.1) is 6.92 Å². The highest BCUT2D eigenvalue weighted by Crippen LogP contribution is 2.14. The monoisotopic (exact) mass is 376 g/mol. The van der Waals surface area contributed by atoms with E-state index in [2.05, 4.69) is 4.72 Å². The summed E-state index contributed by atoms with van der Waals surface area (Å²) in [5, 5.41) is 0. The third-order valence-corrected chi connectivity index (χ3v) is 5.66. The minimum atomic E-state index is -3.60. The second-order valence-electron chi connectivity index (χ2n) is 5.95. The van der Waals surface area contributed by atoms with Crippen LogP contribution in [-0.4, -0.2) is 39.4 Å². The van der Waals surface area contributed by atoms with Gasteiger partial charge < -0.3 is 9.64 Å².